The number of nitrogens with zero attached hydrogens (tertiary/aromatic N) is 2. The highest BCUT2D eigenvalue weighted by atomic mass is 35.5. The minimum Gasteiger partial charge on any atom is -0.491 e. The summed E-state index contributed by atoms with van der Waals surface area (Å²) in [7, 11) is 0.197. The predicted molar refractivity (Wildman–Crippen MR) is 157 cm³/mol. The molecule has 2 aromatic rings. The number of anilines is 1. The summed E-state index contributed by atoms with van der Waals surface area (Å²) in [5.74, 6) is 1.66. The first-order chi connectivity index (χ1) is 18.9. The lowest BCUT2D eigenvalue weighted by molar-refractivity contribution is 0.0133. The second kappa shape index (κ2) is 12.9. The Morgan fingerprint density at radius 2 is 2.00 bits per heavy atom. The molecule has 4 atom stereocenters. The van der Waals surface area contributed by atoms with Gasteiger partial charge in [0.25, 0.3) is 5.91 Å². The van der Waals surface area contributed by atoms with E-state index in [9.17, 15) is 9.00 Å². The van der Waals surface area contributed by atoms with Crippen LogP contribution in [-0.4, -0.2) is 38.0 Å². The quantitative estimate of drug-likeness (QED) is 0.273. The predicted octanol–water partition coefficient (Wildman–Crippen LogP) is 6.99. The number of amides is 1. The lowest BCUT2D eigenvalue weighted by Gasteiger charge is -2.43. The first kappa shape index (κ1) is 28.2. The molecule has 2 aromatic carbocycles. The van der Waals surface area contributed by atoms with Crippen LogP contribution in [0.5, 0.6) is 5.75 Å². The molecule has 2 heterocycles. The molecule has 5 rings (SSSR count). The highest BCUT2D eigenvalue weighted by Crippen LogP contribution is 2.42. The van der Waals surface area contributed by atoms with E-state index >= 15 is 0 Å². The number of hydrogen-bond acceptors (Lipinski definition) is 6. The molecule has 0 radical (unpaired) electrons. The summed E-state index contributed by atoms with van der Waals surface area (Å²) in [6, 6.07) is 11.7. The van der Waals surface area contributed by atoms with Crippen LogP contribution in [0.15, 0.2) is 52.9 Å². The number of benzene rings is 2. The van der Waals surface area contributed by atoms with E-state index in [1.807, 2.05) is 25.1 Å². The second-order valence-electron chi connectivity index (χ2n) is 11.1. The first-order valence-corrected chi connectivity index (χ1v) is 15.7. The molecule has 3 aliphatic rings. The summed E-state index contributed by atoms with van der Waals surface area (Å²) in [6.45, 7) is 4.13. The van der Waals surface area contributed by atoms with E-state index in [0.29, 0.717) is 36.3 Å². The van der Waals surface area contributed by atoms with Crippen molar-refractivity contribution in [2.75, 3.05) is 30.9 Å². The lowest BCUT2D eigenvalue weighted by atomic mass is 9.70. The summed E-state index contributed by atoms with van der Waals surface area (Å²) in [5.41, 5.74) is 3.80. The fraction of sp³-hybridized carbons (Fsp3) is 0.516. The van der Waals surface area contributed by atoms with Gasteiger partial charge in [0, 0.05) is 30.8 Å². The van der Waals surface area contributed by atoms with E-state index in [1.165, 1.54) is 11.1 Å². The van der Waals surface area contributed by atoms with Gasteiger partial charge in [-0.15, -0.1) is 0 Å². The molecule has 1 unspecified atom stereocenters. The number of carbonyl (C=O) groups is 1. The third-order valence-electron chi connectivity index (χ3n) is 8.28. The Labute approximate surface area is 238 Å². The van der Waals surface area contributed by atoms with Crippen molar-refractivity contribution in [3.8, 4) is 5.75 Å². The van der Waals surface area contributed by atoms with Gasteiger partial charge in [0.15, 0.2) is 0 Å². The van der Waals surface area contributed by atoms with Gasteiger partial charge in [-0.3, -0.25) is 4.79 Å². The van der Waals surface area contributed by atoms with Crippen LogP contribution in [0.2, 0.25) is 5.02 Å². The molecule has 2 aliphatic heterocycles. The molecule has 0 saturated heterocycles. The summed E-state index contributed by atoms with van der Waals surface area (Å²) >= 11 is 6.40. The molecule has 1 fully saturated rings. The van der Waals surface area contributed by atoms with Crippen molar-refractivity contribution < 1.29 is 18.5 Å². The Bertz CT molecular complexity index is 1310. The normalized spacial score (nSPS) is 27.6. The zero-order chi connectivity index (χ0) is 27.4. The third-order valence-corrected chi connectivity index (χ3v) is 9.73. The van der Waals surface area contributed by atoms with Gasteiger partial charge in [0.1, 0.15) is 5.75 Å². The smallest absolute Gasteiger partial charge is 0.254 e. The van der Waals surface area contributed by atoms with Crippen molar-refractivity contribution in [1.82, 2.24) is 0 Å². The number of rotatable bonds is 1. The average molecular weight is 570 g/mol. The van der Waals surface area contributed by atoms with Crippen molar-refractivity contribution in [2.45, 2.75) is 58.1 Å². The number of ether oxygens (including phenoxy) is 2. The highest BCUT2D eigenvalue weighted by Gasteiger charge is 2.37. The van der Waals surface area contributed by atoms with Crippen LogP contribution in [0.25, 0.3) is 0 Å². The summed E-state index contributed by atoms with van der Waals surface area (Å²) in [4.78, 5) is 15.5. The molecule has 39 heavy (non-hydrogen) atoms. The molecule has 0 aromatic heterocycles. The van der Waals surface area contributed by atoms with Gasteiger partial charge < -0.3 is 22.9 Å². The van der Waals surface area contributed by atoms with E-state index in [4.69, 9.17) is 21.1 Å². The van der Waals surface area contributed by atoms with Gasteiger partial charge in [-0.2, -0.15) is 10.6 Å². The van der Waals surface area contributed by atoms with Gasteiger partial charge in [0.2, 0.25) is 0 Å². The van der Waals surface area contributed by atoms with Gasteiger partial charge in [-0.05, 0) is 91.8 Å². The maximum Gasteiger partial charge on any atom is 0.254 e. The zero-order valence-electron chi connectivity index (χ0n) is 22.8. The van der Waals surface area contributed by atoms with E-state index in [0.717, 1.165) is 61.5 Å². The Morgan fingerprint density at radius 3 is 2.79 bits per heavy atom. The number of carbonyl (C=O) groups excluding carboxylic acids is 1. The van der Waals surface area contributed by atoms with Crippen LogP contribution in [0.3, 0.4) is 0 Å². The Kier molecular flexibility index (Phi) is 9.31. The van der Waals surface area contributed by atoms with Gasteiger partial charge in [0.05, 0.1) is 18.4 Å². The number of hydrogen-bond donors (Lipinski definition) is 0. The minimum absolute atomic E-state index is 0.0395. The van der Waals surface area contributed by atoms with Crippen LogP contribution in [0, 0.1) is 17.8 Å². The molecule has 0 spiro atoms. The van der Waals surface area contributed by atoms with Crippen molar-refractivity contribution in [1.29, 1.82) is 0 Å². The van der Waals surface area contributed by atoms with E-state index in [1.54, 1.807) is 13.2 Å². The maximum absolute atomic E-state index is 13.1. The van der Waals surface area contributed by atoms with Crippen LogP contribution in [0.1, 0.15) is 60.5 Å². The molecular formula is C31H38ClN2O4S-. The molecule has 210 valence electrons. The Balaban J connectivity index is 1.60. The summed E-state index contributed by atoms with van der Waals surface area (Å²) in [6.07, 6.45) is 10.2. The SMILES string of the molecule is CO[C@H]1/C=C/C[C@H](C)C[S-](=O)=NC(=O)c2ccc3c(c2)N(Cc2ccc(Cl)cc2CCCCO3)C[C@@H]2CCC21. The number of allylic oxidation sites excluding steroid dienone is 1. The monoisotopic (exact) mass is 569 g/mol. The van der Waals surface area contributed by atoms with E-state index in [2.05, 4.69) is 33.5 Å². The van der Waals surface area contributed by atoms with Gasteiger partial charge in [-0.25, -0.2) is 0 Å². The van der Waals surface area contributed by atoms with Crippen LogP contribution in [-0.2, 0) is 32.5 Å². The van der Waals surface area contributed by atoms with Crippen molar-refractivity contribution in [2.24, 2.45) is 22.1 Å². The first-order valence-electron chi connectivity index (χ1n) is 14.0. The summed E-state index contributed by atoms with van der Waals surface area (Å²) in [5, 5.41) is 0.749. The van der Waals surface area contributed by atoms with E-state index < -0.39 is 16.5 Å². The molecule has 1 amide bonds. The Hall–Kier alpha value is -2.35. The number of methoxy groups -OCH3 is 1. The van der Waals surface area contributed by atoms with Crippen molar-refractivity contribution in [3.63, 3.8) is 0 Å². The standard InChI is InChI=1S/C31H38ClN2O4S/c1-21-6-5-8-29(37-2)27-13-10-25(27)19-34-18-24-9-12-26(32)16-22(24)7-3-4-15-38-30-14-11-23(17-28(30)34)31(35)33-39(36)20-21/h5,8-9,11-12,14,16-17,21,25,27,29H,3-4,6-7,10,13,15,18-20H2,1-2H3/q-1/b8-5+/t21-,25-,27?,29-/m0/s1. The van der Waals surface area contributed by atoms with Crippen LogP contribution in [0.4, 0.5) is 5.69 Å². The van der Waals surface area contributed by atoms with Gasteiger partial charge in [-0.1, -0.05) is 48.4 Å². The van der Waals surface area contributed by atoms with Crippen molar-refractivity contribution >= 4 is 33.8 Å². The Morgan fingerprint density at radius 1 is 1.13 bits per heavy atom. The van der Waals surface area contributed by atoms with Gasteiger partial charge >= 0.3 is 0 Å². The fourth-order valence-corrected chi connectivity index (χ4v) is 7.11. The zero-order valence-corrected chi connectivity index (χ0v) is 24.4. The second-order valence-corrected chi connectivity index (χ2v) is 12.7. The topological polar surface area (TPSA) is 68.2 Å². The number of fused-ring (bicyclic) bond motifs is 3. The largest absolute Gasteiger partial charge is 0.491 e. The molecule has 1 aliphatic carbocycles. The lowest BCUT2D eigenvalue weighted by Crippen LogP contribution is -2.43. The molecule has 8 heteroatoms. The third kappa shape index (κ3) is 6.87. The minimum atomic E-state index is -1.59. The fourth-order valence-electron chi connectivity index (χ4n) is 5.93. The number of aryl methyl sites for hydroxylation is 1. The molecule has 2 bridgehead atoms. The number of halogens is 1. The van der Waals surface area contributed by atoms with Crippen LogP contribution >= 0.6 is 11.6 Å². The molecule has 1 saturated carbocycles. The average Bonchev–Trinajstić information content (AvgIpc) is 2.92. The molecule has 6 nitrogen and oxygen atoms in total. The molecule has 0 N–H and O–H groups in total. The van der Waals surface area contributed by atoms with E-state index in [-0.39, 0.29) is 12.0 Å². The van der Waals surface area contributed by atoms with Crippen molar-refractivity contribution in [3.05, 3.63) is 70.3 Å². The van der Waals surface area contributed by atoms with Crippen LogP contribution < -0.4 is 9.64 Å². The summed E-state index contributed by atoms with van der Waals surface area (Å²) < 4.78 is 29.0. The molecular weight excluding hydrogens is 532 g/mol. The maximum atomic E-state index is 13.1. The highest BCUT2D eigenvalue weighted by molar-refractivity contribution is 7.75.